The standard InChI is InChI=1S/C24H40O4.C20H18NO4/c1-14(4-7-21(27)28)17-5-6-18-22-19(9-11-24(17,18)3)23(2)10-8-16(25)12-15(23)13-20(22)26;1-22-17-4-3-12-7-16-14-9-19-18(24-11-25-19)8-13(14)5-6-21(16)10-15(12)20(17)23-2/h14-20,22,25-26H,4-13H2,1-3H3,(H,27,28);3-4,7-10H,5-6,11H2,1-2H3/q;+1/p-1. The number of aryl methyl sites for hydroxylation is 2. The minimum absolute atomic E-state index is 0.162. The minimum Gasteiger partial charge on any atom is -0.550 e. The minimum atomic E-state index is -0.934. The van der Waals surface area contributed by atoms with Crippen LogP contribution in [0.1, 0.15) is 90.5 Å². The maximum absolute atomic E-state index is 11.2. The van der Waals surface area contributed by atoms with Gasteiger partial charge < -0.3 is 39.1 Å². The molecule has 0 spiro atoms. The van der Waals surface area contributed by atoms with Crippen LogP contribution in [0.3, 0.4) is 0 Å². The Balaban J connectivity index is 0.000000152. The van der Waals surface area contributed by atoms with Crippen molar-refractivity contribution in [3.63, 3.8) is 0 Å². The van der Waals surface area contributed by atoms with Crippen LogP contribution in [-0.4, -0.2) is 49.4 Å². The zero-order chi connectivity index (χ0) is 37.2. The van der Waals surface area contributed by atoms with Crippen LogP contribution in [-0.2, 0) is 17.8 Å². The Labute approximate surface area is 313 Å². The zero-order valence-electron chi connectivity index (χ0n) is 32.1. The van der Waals surface area contributed by atoms with Gasteiger partial charge in [-0.15, -0.1) is 0 Å². The summed E-state index contributed by atoms with van der Waals surface area (Å²) in [5.74, 6) is 5.18. The molecule has 9 rings (SSSR count). The van der Waals surface area contributed by atoms with Gasteiger partial charge in [0.15, 0.2) is 35.7 Å². The number of fused-ring (bicyclic) bond motifs is 10. The van der Waals surface area contributed by atoms with Gasteiger partial charge in [0.25, 0.3) is 0 Å². The van der Waals surface area contributed by atoms with E-state index < -0.39 is 5.97 Å². The molecule has 4 fully saturated rings. The van der Waals surface area contributed by atoms with Gasteiger partial charge in [0.2, 0.25) is 12.5 Å². The summed E-state index contributed by atoms with van der Waals surface area (Å²) in [7, 11) is 3.34. The fourth-order valence-corrected chi connectivity index (χ4v) is 12.5. The molecule has 0 bridgehead atoms. The highest BCUT2D eigenvalue weighted by molar-refractivity contribution is 5.91. The Hall–Kier alpha value is -3.56. The van der Waals surface area contributed by atoms with Crippen LogP contribution in [0.25, 0.3) is 22.0 Å². The first-order valence-electron chi connectivity index (χ1n) is 20.0. The first kappa shape index (κ1) is 36.4. The summed E-state index contributed by atoms with van der Waals surface area (Å²) >= 11 is 0. The molecule has 9 nitrogen and oxygen atoms in total. The number of hydrogen-bond donors (Lipinski definition) is 2. The van der Waals surface area contributed by atoms with Crippen molar-refractivity contribution in [3.05, 3.63) is 42.1 Å². The molecule has 0 saturated heterocycles. The van der Waals surface area contributed by atoms with Crippen molar-refractivity contribution in [2.45, 2.75) is 110 Å². The summed E-state index contributed by atoms with van der Waals surface area (Å²) in [6.07, 6.45) is 12.0. The van der Waals surface area contributed by atoms with Crippen molar-refractivity contribution in [1.29, 1.82) is 0 Å². The number of hydrogen-bond acceptors (Lipinski definition) is 8. The quantitative estimate of drug-likeness (QED) is 0.287. The molecule has 53 heavy (non-hydrogen) atoms. The number of carbonyl (C=O) groups excluding carboxylic acids is 1. The summed E-state index contributed by atoms with van der Waals surface area (Å²) in [5, 5.41) is 34.5. The third kappa shape index (κ3) is 6.14. The van der Waals surface area contributed by atoms with E-state index in [1.165, 1.54) is 42.5 Å². The van der Waals surface area contributed by atoms with Crippen LogP contribution < -0.4 is 28.6 Å². The number of aliphatic hydroxyl groups excluding tert-OH is 2. The summed E-state index contributed by atoms with van der Waals surface area (Å²) in [4.78, 5) is 10.9. The van der Waals surface area contributed by atoms with E-state index in [-0.39, 0.29) is 29.5 Å². The number of ether oxygens (including phenoxy) is 4. The highest BCUT2D eigenvalue weighted by Gasteiger charge is 2.62. The van der Waals surface area contributed by atoms with Gasteiger partial charge in [0.05, 0.1) is 37.4 Å². The largest absolute Gasteiger partial charge is 0.550 e. The van der Waals surface area contributed by atoms with Crippen LogP contribution in [0, 0.1) is 46.3 Å². The first-order chi connectivity index (χ1) is 25.4. The van der Waals surface area contributed by atoms with E-state index in [0.29, 0.717) is 48.7 Å². The van der Waals surface area contributed by atoms with E-state index in [1.54, 1.807) is 14.2 Å². The smallest absolute Gasteiger partial charge is 0.231 e. The summed E-state index contributed by atoms with van der Waals surface area (Å²) in [5.41, 5.74) is 4.17. The summed E-state index contributed by atoms with van der Waals surface area (Å²) in [6, 6.07) is 10.4. The number of carboxylic acid groups (broad SMARTS) is 1. The van der Waals surface area contributed by atoms with E-state index in [1.807, 2.05) is 6.07 Å². The zero-order valence-corrected chi connectivity index (χ0v) is 32.1. The molecule has 10 atom stereocenters. The van der Waals surface area contributed by atoms with Crippen molar-refractivity contribution >= 4 is 16.7 Å². The summed E-state index contributed by atoms with van der Waals surface area (Å²) in [6.45, 7) is 8.33. The molecule has 0 amide bonds. The predicted molar refractivity (Wildman–Crippen MR) is 199 cm³/mol. The van der Waals surface area contributed by atoms with Crippen LogP contribution >= 0.6 is 0 Å². The Kier molecular flexibility index (Phi) is 9.58. The normalized spacial score (nSPS) is 34.0. The molecular weight excluding hydrogens is 670 g/mol. The second-order valence-electron chi connectivity index (χ2n) is 17.6. The molecule has 0 radical (unpaired) electrons. The second-order valence-corrected chi connectivity index (χ2v) is 17.6. The average Bonchev–Trinajstić information content (AvgIpc) is 3.76. The van der Waals surface area contributed by atoms with Gasteiger partial charge in [-0.05, 0) is 146 Å². The number of rotatable bonds is 6. The number of nitrogens with zero attached hydrogens (tertiary/aromatic N) is 1. The van der Waals surface area contributed by atoms with Gasteiger partial charge in [-0.25, -0.2) is 0 Å². The molecule has 10 unspecified atom stereocenters. The Morgan fingerprint density at radius 3 is 2.49 bits per heavy atom. The van der Waals surface area contributed by atoms with Crippen molar-refractivity contribution in [3.8, 4) is 34.3 Å². The predicted octanol–water partition coefficient (Wildman–Crippen LogP) is 6.24. The lowest BCUT2D eigenvalue weighted by molar-refractivity contribution is -0.686. The summed E-state index contributed by atoms with van der Waals surface area (Å²) < 4.78 is 24.4. The highest BCUT2D eigenvalue weighted by Crippen LogP contribution is 2.68. The fourth-order valence-electron chi connectivity index (χ4n) is 12.5. The average molecular weight is 728 g/mol. The molecule has 286 valence electrons. The Morgan fingerprint density at radius 2 is 1.74 bits per heavy atom. The SMILES string of the molecule is CC(CCC(=O)[O-])C1CCC2C3C(O)CC4CC(O)CCC4(C)C3CCC12C.COc1ccc2cc3[n+](cc2c1OC)CCc1cc2c(cc1-3)OCO2. The monoisotopic (exact) mass is 727 g/mol. The van der Waals surface area contributed by atoms with Gasteiger partial charge in [-0.1, -0.05) is 20.8 Å². The number of benzene rings is 2. The molecule has 4 aliphatic carbocycles. The van der Waals surface area contributed by atoms with Gasteiger partial charge in [0, 0.05) is 18.5 Å². The molecule has 2 aromatic carbocycles. The molecule has 3 heterocycles. The molecule has 9 heteroatoms. The number of aromatic nitrogens is 1. The fraction of sp³-hybridized carbons (Fsp3) is 0.636. The highest BCUT2D eigenvalue weighted by atomic mass is 16.7. The molecule has 2 aliphatic heterocycles. The Bertz CT molecular complexity index is 1880. The third-order valence-electron chi connectivity index (χ3n) is 15.2. The Morgan fingerprint density at radius 1 is 0.981 bits per heavy atom. The van der Waals surface area contributed by atoms with E-state index in [2.05, 4.69) is 55.8 Å². The number of aliphatic carboxylic acids is 1. The number of aliphatic hydroxyl groups is 2. The van der Waals surface area contributed by atoms with Gasteiger partial charge in [-0.3, -0.25) is 0 Å². The van der Waals surface area contributed by atoms with Crippen molar-refractivity contribution < 1.29 is 43.6 Å². The van der Waals surface area contributed by atoms with Crippen LogP contribution in [0.15, 0.2) is 36.5 Å². The van der Waals surface area contributed by atoms with Crippen LogP contribution in [0.2, 0.25) is 0 Å². The van der Waals surface area contributed by atoms with E-state index in [4.69, 9.17) is 18.9 Å². The van der Waals surface area contributed by atoms with Gasteiger partial charge in [0.1, 0.15) is 0 Å². The van der Waals surface area contributed by atoms with Gasteiger partial charge in [-0.2, -0.15) is 4.57 Å². The first-order valence-corrected chi connectivity index (χ1v) is 20.0. The maximum atomic E-state index is 11.2. The van der Waals surface area contributed by atoms with Crippen LogP contribution in [0.5, 0.6) is 23.0 Å². The lowest BCUT2D eigenvalue weighted by atomic mass is 9.43. The van der Waals surface area contributed by atoms with E-state index in [0.717, 1.165) is 72.4 Å². The van der Waals surface area contributed by atoms with E-state index in [9.17, 15) is 20.1 Å². The second kappa shape index (κ2) is 13.9. The molecule has 4 saturated carbocycles. The van der Waals surface area contributed by atoms with Crippen molar-refractivity contribution in [2.75, 3.05) is 21.0 Å². The van der Waals surface area contributed by atoms with E-state index >= 15 is 0 Å². The molecular formula is C44H57NO8. The number of methoxy groups -OCH3 is 2. The van der Waals surface area contributed by atoms with Crippen molar-refractivity contribution in [2.24, 2.45) is 46.3 Å². The van der Waals surface area contributed by atoms with Gasteiger partial charge >= 0.3 is 0 Å². The topological polar surface area (TPSA) is 121 Å². The molecule has 3 aromatic rings. The lowest BCUT2D eigenvalue weighted by Crippen LogP contribution is -2.58. The number of carboxylic acids is 1. The maximum Gasteiger partial charge on any atom is 0.231 e. The molecule has 6 aliphatic rings. The van der Waals surface area contributed by atoms with Crippen LogP contribution in [0.4, 0.5) is 0 Å². The number of carbonyl (C=O) groups is 1. The van der Waals surface area contributed by atoms with Crippen molar-refractivity contribution in [1.82, 2.24) is 0 Å². The molecule has 2 N–H and O–H groups in total. The lowest BCUT2D eigenvalue weighted by Gasteiger charge is -2.62. The number of pyridine rings is 1. The third-order valence-corrected chi connectivity index (χ3v) is 15.2. The molecule has 1 aromatic heterocycles.